The van der Waals surface area contributed by atoms with Crippen LogP contribution < -0.4 is 15.8 Å². The van der Waals surface area contributed by atoms with Crippen LogP contribution in [0, 0.1) is 0 Å². The van der Waals surface area contributed by atoms with E-state index in [1.807, 2.05) is 60.7 Å². The monoisotopic (exact) mass is 464 g/mol. The van der Waals surface area contributed by atoms with Gasteiger partial charge in [-0.2, -0.15) is 0 Å². The highest BCUT2D eigenvalue weighted by Gasteiger charge is 2.25. The van der Waals surface area contributed by atoms with Crippen LogP contribution in [0.3, 0.4) is 0 Å². The fourth-order valence-corrected chi connectivity index (χ4v) is 3.44. The molecule has 0 aromatic heterocycles. The van der Waals surface area contributed by atoms with Crippen molar-refractivity contribution in [2.24, 2.45) is 0 Å². The molecule has 128 valence electrons. The summed E-state index contributed by atoms with van der Waals surface area (Å²) in [5, 5.41) is 4.21. The fourth-order valence-electron chi connectivity index (χ4n) is 2.53. The summed E-state index contributed by atoms with van der Waals surface area (Å²) < 4.78 is 5.63. The van der Waals surface area contributed by atoms with Gasteiger partial charge < -0.3 is 15.8 Å². The first-order valence-electron chi connectivity index (χ1n) is 7.80. The SMILES string of the molecule is CC(I)(Nc1ccccc1Oc1ccc(Cl)cc1)c1ccccc1N. The molecule has 0 radical (unpaired) electrons. The van der Waals surface area contributed by atoms with Crippen LogP contribution in [-0.2, 0) is 3.55 Å². The quantitative estimate of drug-likeness (QED) is 0.198. The number of halogens is 2. The molecule has 0 saturated carbocycles. The fraction of sp³-hybridized carbons (Fsp3) is 0.100. The van der Waals surface area contributed by atoms with Crippen LogP contribution in [0.25, 0.3) is 0 Å². The molecule has 0 saturated heterocycles. The molecule has 0 fully saturated rings. The third-order valence-electron chi connectivity index (χ3n) is 3.76. The Balaban J connectivity index is 1.88. The molecule has 0 spiro atoms. The van der Waals surface area contributed by atoms with Gasteiger partial charge in [0.15, 0.2) is 5.75 Å². The van der Waals surface area contributed by atoms with E-state index in [1.54, 1.807) is 12.1 Å². The van der Waals surface area contributed by atoms with Gasteiger partial charge in [0.25, 0.3) is 0 Å². The van der Waals surface area contributed by atoms with Gasteiger partial charge in [0.2, 0.25) is 0 Å². The van der Waals surface area contributed by atoms with Crippen molar-refractivity contribution < 1.29 is 4.74 Å². The Morgan fingerprint density at radius 3 is 2.32 bits per heavy atom. The summed E-state index contributed by atoms with van der Waals surface area (Å²) in [4.78, 5) is 0. The Morgan fingerprint density at radius 2 is 1.60 bits per heavy atom. The molecule has 3 aromatic carbocycles. The van der Waals surface area contributed by atoms with Crippen molar-refractivity contribution in [3.8, 4) is 11.5 Å². The Kier molecular flexibility index (Phi) is 5.39. The van der Waals surface area contributed by atoms with Gasteiger partial charge in [0.05, 0.1) is 5.69 Å². The zero-order valence-electron chi connectivity index (χ0n) is 13.7. The van der Waals surface area contributed by atoms with E-state index in [4.69, 9.17) is 22.1 Å². The summed E-state index contributed by atoms with van der Waals surface area (Å²) in [5.74, 6) is 1.47. The summed E-state index contributed by atoms with van der Waals surface area (Å²) >= 11 is 8.29. The van der Waals surface area contributed by atoms with Crippen LogP contribution in [0.2, 0.25) is 5.02 Å². The van der Waals surface area contributed by atoms with Crippen molar-refractivity contribution in [1.29, 1.82) is 0 Å². The van der Waals surface area contributed by atoms with E-state index in [9.17, 15) is 0 Å². The van der Waals surface area contributed by atoms with Crippen molar-refractivity contribution in [3.05, 3.63) is 83.4 Å². The second-order valence-corrected chi connectivity index (χ2v) is 8.36. The second-order valence-electron chi connectivity index (χ2n) is 5.77. The zero-order valence-corrected chi connectivity index (χ0v) is 16.6. The lowest BCUT2D eigenvalue weighted by molar-refractivity contribution is 0.483. The van der Waals surface area contributed by atoms with Gasteiger partial charge in [0.1, 0.15) is 9.30 Å². The van der Waals surface area contributed by atoms with Crippen LogP contribution in [0.1, 0.15) is 12.5 Å². The second kappa shape index (κ2) is 7.54. The molecule has 0 bridgehead atoms. The minimum Gasteiger partial charge on any atom is -0.455 e. The maximum absolute atomic E-state index is 6.15. The first kappa shape index (κ1) is 17.9. The molecule has 0 aliphatic rings. The lowest BCUT2D eigenvalue weighted by atomic mass is 10.1. The molecule has 25 heavy (non-hydrogen) atoms. The number of para-hydroxylation sites is 3. The number of rotatable bonds is 5. The Labute approximate surface area is 166 Å². The highest BCUT2D eigenvalue weighted by molar-refractivity contribution is 14.1. The van der Waals surface area contributed by atoms with Crippen LogP contribution in [0.5, 0.6) is 11.5 Å². The number of benzene rings is 3. The van der Waals surface area contributed by atoms with E-state index < -0.39 is 0 Å². The van der Waals surface area contributed by atoms with Crippen LogP contribution in [0.4, 0.5) is 11.4 Å². The van der Waals surface area contributed by atoms with E-state index in [2.05, 4.69) is 34.8 Å². The topological polar surface area (TPSA) is 47.3 Å². The standard InChI is InChI=1S/C20H18ClIN2O/c1-20(22,16-6-2-3-7-17(16)23)24-18-8-4-5-9-19(18)25-15-12-10-14(21)11-13-15/h2-13,24H,23H2,1H3. The Hall–Kier alpha value is -1.92. The lowest BCUT2D eigenvalue weighted by Crippen LogP contribution is -2.25. The number of alkyl halides is 1. The van der Waals surface area contributed by atoms with E-state index in [-0.39, 0.29) is 3.55 Å². The van der Waals surface area contributed by atoms with E-state index in [1.165, 1.54) is 0 Å². The lowest BCUT2D eigenvalue weighted by Gasteiger charge is -2.28. The summed E-state index contributed by atoms with van der Waals surface area (Å²) in [7, 11) is 0. The van der Waals surface area contributed by atoms with Crippen molar-refractivity contribution in [2.45, 2.75) is 10.5 Å². The molecule has 3 aromatic rings. The number of nitrogens with one attached hydrogen (secondary N) is 1. The molecule has 3 N–H and O–H groups in total. The van der Waals surface area contributed by atoms with Crippen LogP contribution >= 0.6 is 34.2 Å². The van der Waals surface area contributed by atoms with Gasteiger partial charge in [-0.3, -0.25) is 0 Å². The highest BCUT2D eigenvalue weighted by Crippen LogP contribution is 2.39. The maximum Gasteiger partial charge on any atom is 0.150 e. The number of anilines is 2. The molecule has 1 unspecified atom stereocenters. The summed E-state index contributed by atoms with van der Waals surface area (Å²) in [6, 6.07) is 23.0. The predicted octanol–water partition coefficient (Wildman–Crippen LogP) is 6.43. The van der Waals surface area contributed by atoms with Crippen molar-refractivity contribution >= 4 is 45.6 Å². The first-order valence-corrected chi connectivity index (χ1v) is 9.26. The number of nitrogens with two attached hydrogens (primary N) is 1. The average molecular weight is 465 g/mol. The summed E-state index contributed by atoms with van der Waals surface area (Å²) in [6.07, 6.45) is 0. The molecule has 5 heteroatoms. The number of ether oxygens (including phenoxy) is 1. The van der Waals surface area contributed by atoms with Gasteiger partial charge in [-0.15, -0.1) is 0 Å². The minimum absolute atomic E-state index is 0.386. The molecule has 0 heterocycles. The molecule has 3 nitrogen and oxygen atoms in total. The smallest absolute Gasteiger partial charge is 0.150 e. The zero-order chi connectivity index (χ0) is 17.9. The largest absolute Gasteiger partial charge is 0.455 e. The van der Waals surface area contributed by atoms with Gasteiger partial charge >= 0.3 is 0 Å². The van der Waals surface area contributed by atoms with E-state index >= 15 is 0 Å². The summed E-state index contributed by atoms with van der Waals surface area (Å²) in [6.45, 7) is 2.08. The van der Waals surface area contributed by atoms with Crippen molar-refractivity contribution in [1.82, 2.24) is 0 Å². The molecule has 1 atom stereocenters. The molecular weight excluding hydrogens is 447 g/mol. The maximum atomic E-state index is 6.15. The number of nitrogen functional groups attached to an aromatic ring is 1. The third-order valence-corrected chi connectivity index (χ3v) is 4.87. The number of hydrogen-bond acceptors (Lipinski definition) is 3. The molecule has 0 aliphatic carbocycles. The Morgan fingerprint density at radius 1 is 0.960 bits per heavy atom. The highest BCUT2D eigenvalue weighted by atomic mass is 127. The average Bonchev–Trinajstić information content (AvgIpc) is 2.58. The molecular formula is C20H18ClIN2O. The number of hydrogen-bond donors (Lipinski definition) is 2. The van der Waals surface area contributed by atoms with Gasteiger partial charge in [-0.1, -0.05) is 41.9 Å². The first-order chi connectivity index (χ1) is 12.0. The minimum atomic E-state index is -0.386. The van der Waals surface area contributed by atoms with Crippen molar-refractivity contribution in [3.63, 3.8) is 0 Å². The molecule has 0 aliphatic heterocycles. The van der Waals surface area contributed by atoms with Gasteiger partial charge in [-0.25, -0.2) is 0 Å². The van der Waals surface area contributed by atoms with Gasteiger partial charge in [-0.05, 0) is 72.0 Å². The predicted molar refractivity (Wildman–Crippen MR) is 114 cm³/mol. The third kappa shape index (κ3) is 4.38. The molecule has 0 amide bonds. The van der Waals surface area contributed by atoms with Crippen LogP contribution in [-0.4, -0.2) is 0 Å². The molecule has 3 rings (SSSR count). The van der Waals surface area contributed by atoms with E-state index in [0.717, 1.165) is 28.4 Å². The van der Waals surface area contributed by atoms with E-state index in [0.29, 0.717) is 5.02 Å². The van der Waals surface area contributed by atoms with Crippen LogP contribution in [0.15, 0.2) is 72.8 Å². The van der Waals surface area contributed by atoms with Gasteiger partial charge in [0, 0.05) is 16.3 Å². The summed E-state index contributed by atoms with van der Waals surface area (Å²) in [5.41, 5.74) is 8.81. The normalized spacial score (nSPS) is 13.1. The van der Waals surface area contributed by atoms with Crippen molar-refractivity contribution in [2.75, 3.05) is 11.1 Å². The Bertz CT molecular complexity index is 866.